The summed E-state index contributed by atoms with van der Waals surface area (Å²) in [5.74, 6) is -3.29. The molecule has 5 atom stereocenters. The van der Waals surface area contributed by atoms with Crippen molar-refractivity contribution in [3.05, 3.63) is 0 Å². The maximum absolute atomic E-state index is 14.5. The monoisotopic (exact) mass is 376 g/mol. The summed E-state index contributed by atoms with van der Waals surface area (Å²) in [4.78, 5) is 36.1. The van der Waals surface area contributed by atoms with Gasteiger partial charge in [0.05, 0.1) is 23.9 Å². The van der Waals surface area contributed by atoms with E-state index in [1.165, 1.54) is 6.92 Å². The van der Waals surface area contributed by atoms with Crippen LogP contribution in [0.5, 0.6) is 0 Å². The Bertz CT molecular complexity index is 484. The fourth-order valence-corrected chi connectivity index (χ4v) is 2.19. The zero-order valence-corrected chi connectivity index (χ0v) is 16.4. The minimum Gasteiger partial charge on any atom is -0.455 e. The molecule has 7 nitrogen and oxygen atoms in total. The van der Waals surface area contributed by atoms with Gasteiger partial charge < -0.3 is 18.9 Å². The summed E-state index contributed by atoms with van der Waals surface area (Å²) in [6.07, 6.45) is -6.80. The largest absolute Gasteiger partial charge is 0.455 e. The van der Waals surface area contributed by atoms with E-state index in [2.05, 4.69) is 0 Å². The molecule has 1 fully saturated rings. The summed E-state index contributed by atoms with van der Waals surface area (Å²) in [5.41, 5.74) is 0. The van der Waals surface area contributed by atoms with Crippen molar-refractivity contribution in [2.45, 2.75) is 79.2 Å². The lowest BCUT2D eigenvalue weighted by molar-refractivity contribution is -0.271. The number of carbonyl (C=O) groups excluding carboxylic acids is 3. The average molecular weight is 376 g/mol. The highest BCUT2D eigenvalue weighted by atomic mass is 19.1. The molecular weight excluding hydrogens is 347 g/mol. The highest BCUT2D eigenvalue weighted by molar-refractivity contribution is 5.73. The smallest absolute Gasteiger partial charge is 0.308 e. The van der Waals surface area contributed by atoms with Gasteiger partial charge in [-0.25, -0.2) is 4.39 Å². The zero-order valence-electron chi connectivity index (χ0n) is 16.4. The summed E-state index contributed by atoms with van der Waals surface area (Å²) >= 11 is 0. The van der Waals surface area contributed by atoms with Crippen LogP contribution < -0.4 is 0 Å². The second kappa shape index (κ2) is 9.30. The van der Waals surface area contributed by atoms with E-state index in [9.17, 15) is 18.8 Å². The quantitative estimate of drug-likeness (QED) is 0.519. The molecule has 0 aromatic rings. The first-order chi connectivity index (χ1) is 12.0. The van der Waals surface area contributed by atoms with Gasteiger partial charge in [0, 0.05) is 0 Å². The van der Waals surface area contributed by atoms with Crippen molar-refractivity contribution in [2.75, 3.05) is 0 Å². The molecule has 0 aromatic heterocycles. The van der Waals surface area contributed by atoms with E-state index in [1.807, 2.05) is 0 Å². The molecule has 0 N–H and O–H groups in total. The molecule has 1 aliphatic rings. The molecule has 0 spiro atoms. The zero-order chi connectivity index (χ0) is 20.2. The molecule has 0 radical (unpaired) electrons. The number of ether oxygens (including phenoxy) is 4. The highest BCUT2D eigenvalue weighted by Crippen LogP contribution is 2.30. The SMILES string of the molecule is CC(C)C(=O)O[C@@H]1[C@H](OC(=O)C(C)C)[C@H](C)OC(F)[C@H]1OC(=O)C(C)C. The molecule has 26 heavy (non-hydrogen) atoms. The number of esters is 3. The van der Waals surface area contributed by atoms with Gasteiger partial charge in [-0.05, 0) is 6.92 Å². The van der Waals surface area contributed by atoms with Crippen molar-refractivity contribution in [2.24, 2.45) is 17.8 Å². The lowest BCUT2D eigenvalue weighted by Crippen LogP contribution is -2.60. The Kier molecular flexibility index (Phi) is 7.99. The average Bonchev–Trinajstić information content (AvgIpc) is 2.53. The van der Waals surface area contributed by atoms with Crippen molar-refractivity contribution < 1.29 is 37.7 Å². The highest BCUT2D eigenvalue weighted by Gasteiger charge is 2.51. The standard InChI is InChI=1S/C18H29FO7/c1-8(2)16(20)24-12-11(7)23-15(19)14(26-18(22)10(5)6)13(12)25-17(21)9(3)4/h8-15H,1-7H3/t11-,12+,13+,14-,15?/m0/s1. The van der Waals surface area contributed by atoms with E-state index in [4.69, 9.17) is 18.9 Å². The van der Waals surface area contributed by atoms with Crippen LogP contribution in [-0.2, 0) is 33.3 Å². The Morgan fingerprint density at radius 1 is 0.731 bits per heavy atom. The number of carbonyl (C=O) groups is 3. The van der Waals surface area contributed by atoms with Crippen LogP contribution in [0.2, 0.25) is 0 Å². The van der Waals surface area contributed by atoms with Gasteiger partial charge in [0.15, 0.2) is 18.3 Å². The number of hydrogen-bond donors (Lipinski definition) is 0. The number of rotatable bonds is 6. The van der Waals surface area contributed by atoms with Crippen LogP contribution >= 0.6 is 0 Å². The molecular formula is C18H29FO7. The predicted molar refractivity (Wildman–Crippen MR) is 89.6 cm³/mol. The molecule has 0 aliphatic carbocycles. The third kappa shape index (κ3) is 5.65. The van der Waals surface area contributed by atoms with Crippen LogP contribution in [0.15, 0.2) is 0 Å². The lowest BCUT2D eigenvalue weighted by Gasteiger charge is -2.41. The maximum Gasteiger partial charge on any atom is 0.308 e. The van der Waals surface area contributed by atoms with Crippen LogP contribution in [0.1, 0.15) is 48.5 Å². The molecule has 1 unspecified atom stereocenters. The van der Waals surface area contributed by atoms with Crippen LogP contribution in [0, 0.1) is 17.8 Å². The Balaban J connectivity index is 3.15. The van der Waals surface area contributed by atoms with Gasteiger partial charge in [-0.3, -0.25) is 14.4 Å². The Hall–Kier alpha value is -1.70. The minimum atomic E-state index is -2.01. The van der Waals surface area contributed by atoms with Gasteiger partial charge >= 0.3 is 17.9 Å². The van der Waals surface area contributed by atoms with Crippen LogP contribution in [-0.4, -0.2) is 48.7 Å². The number of hydrogen-bond acceptors (Lipinski definition) is 7. The summed E-state index contributed by atoms with van der Waals surface area (Å²) in [6, 6.07) is 0. The van der Waals surface area contributed by atoms with Gasteiger partial charge in [-0.2, -0.15) is 0 Å². The molecule has 1 rings (SSSR count). The molecule has 1 aliphatic heterocycles. The summed E-state index contributed by atoms with van der Waals surface area (Å²) in [6.45, 7) is 11.2. The van der Waals surface area contributed by atoms with Gasteiger partial charge in [0.2, 0.25) is 6.36 Å². The van der Waals surface area contributed by atoms with E-state index in [-0.39, 0.29) is 0 Å². The number of alkyl halides is 1. The molecule has 8 heteroatoms. The normalized spacial score (nSPS) is 29.0. The van der Waals surface area contributed by atoms with Crippen molar-refractivity contribution in [3.8, 4) is 0 Å². The fourth-order valence-electron chi connectivity index (χ4n) is 2.19. The first kappa shape index (κ1) is 22.3. The summed E-state index contributed by atoms with van der Waals surface area (Å²) < 4.78 is 35.5. The van der Waals surface area contributed by atoms with Gasteiger partial charge in [0.25, 0.3) is 0 Å². The first-order valence-electron chi connectivity index (χ1n) is 8.86. The topological polar surface area (TPSA) is 88.1 Å². The predicted octanol–water partition coefficient (Wildman–Crippen LogP) is 2.40. The molecule has 0 amide bonds. The molecule has 1 saturated heterocycles. The van der Waals surface area contributed by atoms with Gasteiger partial charge in [0.1, 0.15) is 0 Å². The third-order valence-electron chi connectivity index (χ3n) is 3.88. The number of halogens is 1. The fraction of sp³-hybridized carbons (Fsp3) is 0.833. The Morgan fingerprint density at radius 2 is 1.08 bits per heavy atom. The molecule has 150 valence electrons. The first-order valence-corrected chi connectivity index (χ1v) is 8.86. The maximum atomic E-state index is 14.5. The van der Waals surface area contributed by atoms with E-state index < -0.39 is 66.4 Å². The van der Waals surface area contributed by atoms with E-state index in [0.29, 0.717) is 0 Å². The van der Waals surface area contributed by atoms with Gasteiger partial charge in [-0.1, -0.05) is 41.5 Å². The molecule has 1 heterocycles. The van der Waals surface area contributed by atoms with Crippen molar-refractivity contribution >= 4 is 17.9 Å². The Morgan fingerprint density at radius 3 is 1.46 bits per heavy atom. The minimum absolute atomic E-state index is 0.441. The van der Waals surface area contributed by atoms with Crippen molar-refractivity contribution in [1.82, 2.24) is 0 Å². The molecule has 0 saturated carbocycles. The summed E-state index contributed by atoms with van der Waals surface area (Å²) in [5, 5.41) is 0. The van der Waals surface area contributed by atoms with Crippen LogP contribution in [0.4, 0.5) is 4.39 Å². The van der Waals surface area contributed by atoms with Gasteiger partial charge in [-0.15, -0.1) is 0 Å². The molecule has 0 aromatic carbocycles. The van der Waals surface area contributed by atoms with Crippen LogP contribution in [0.25, 0.3) is 0 Å². The second-order valence-electron chi connectivity index (χ2n) is 7.36. The molecule has 0 bridgehead atoms. The van der Waals surface area contributed by atoms with Crippen LogP contribution in [0.3, 0.4) is 0 Å². The second-order valence-corrected chi connectivity index (χ2v) is 7.36. The van der Waals surface area contributed by atoms with Crippen molar-refractivity contribution in [1.29, 1.82) is 0 Å². The lowest BCUT2D eigenvalue weighted by atomic mass is 9.98. The van der Waals surface area contributed by atoms with Crippen molar-refractivity contribution in [3.63, 3.8) is 0 Å². The van der Waals surface area contributed by atoms with E-state index in [1.54, 1.807) is 41.5 Å². The Labute approximate surface area is 153 Å². The summed E-state index contributed by atoms with van der Waals surface area (Å²) in [7, 11) is 0. The van der Waals surface area contributed by atoms with E-state index in [0.717, 1.165) is 0 Å². The third-order valence-corrected chi connectivity index (χ3v) is 3.88. The van der Waals surface area contributed by atoms with E-state index >= 15 is 0 Å².